The lowest BCUT2D eigenvalue weighted by atomic mass is 10.3. The third kappa shape index (κ3) is 2.04. The van der Waals surface area contributed by atoms with Crippen molar-refractivity contribution in [3.63, 3.8) is 0 Å². The summed E-state index contributed by atoms with van der Waals surface area (Å²) in [6.07, 6.45) is 1.29. The van der Waals surface area contributed by atoms with Gasteiger partial charge >= 0.3 is 6.01 Å². The molecule has 3 N–H and O–H groups in total. The summed E-state index contributed by atoms with van der Waals surface area (Å²) in [5, 5.41) is 10.8. The van der Waals surface area contributed by atoms with Gasteiger partial charge < -0.3 is 15.5 Å². The molecule has 1 heterocycles. The van der Waals surface area contributed by atoms with E-state index in [0.717, 1.165) is 18.4 Å². The smallest absolute Gasteiger partial charge is 0.315 e. The van der Waals surface area contributed by atoms with Gasteiger partial charge in [0.25, 0.3) is 0 Å². The lowest BCUT2D eigenvalue weighted by Gasteiger charge is -1.98. The highest BCUT2D eigenvalue weighted by atomic mass is 16.4. The van der Waals surface area contributed by atoms with Crippen molar-refractivity contribution in [2.75, 3.05) is 11.9 Å². The van der Waals surface area contributed by atoms with Gasteiger partial charge in [-0.2, -0.15) is 0 Å². The molecule has 78 valence electrons. The zero-order valence-corrected chi connectivity index (χ0v) is 8.53. The number of nitrogens with zero attached hydrogens (tertiary/aromatic N) is 2. The van der Waals surface area contributed by atoms with E-state index >= 15 is 0 Å². The van der Waals surface area contributed by atoms with Crippen LogP contribution in [0.25, 0.3) is 0 Å². The lowest BCUT2D eigenvalue weighted by Crippen LogP contribution is -2.05. The van der Waals surface area contributed by atoms with Gasteiger partial charge in [-0.25, -0.2) is 0 Å². The fraction of sp³-hybridized carbons (Fsp3) is 0.778. The van der Waals surface area contributed by atoms with Crippen LogP contribution in [-0.2, 0) is 0 Å². The van der Waals surface area contributed by atoms with Crippen molar-refractivity contribution in [3.05, 3.63) is 5.89 Å². The highest BCUT2D eigenvalue weighted by Gasteiger charge is 2.32. The summed E-state index contributed by atoms with van der Waals surface area (Å²) in [7, 11) is 0. The van der Waals surface area contributed by atoms with Crippen LogP contribution in [0.4, 0.5) is 6.01 Å². The summed E-state index contributed by atoms with van der Waals surface area (Å²) < 4.78 is 5.30. The molecule has 0 saturated heterocycles. The van der Waals surface area contributed by atoms with Gasteiger partial charge in [0.15, 0.2) is 0 Å². The van der Waals surface area contributed by atoms with Crippen LogP contribution in [0.5, 0.6) is 0 Å². The van der Waals surface area contributed by atoms with E-state index in [1.807, 2.05) is 6.92 Å². The number of hydrogen-bond donors (Lipinski definition) is 2. The Hall–Kier alpha value is -1.10. The van der Waals surface area contributed by atoms with E-state index in [9.17, 15) is 0 Å². The molecule has 0 amide bonds. The van der Waals surface area contributed by atoms with Crippen LogP contribution >= 0.6 is 0 Å². The average molecular weight is 196 g/mol. The minimum Gasteiger partial charge on any atom is -0.406 e. The second kappa shape index (κ2) is 3.57. The van der Waals surface area contributed by atoms with Crippen LogP contribution < -0.4 is 11.1 Å². The van der Waals surface area contributed by atoms with Crippen molar-refractivity contribution >= 4 is 6.01 Å². The molecule has 3 unspecified atom stereocenters. The van der Waals surface area contributed by atoms with Crippen molar-refractivity contribution in [2.45, 2.75) is 26.3 Å². The van der Waals surface area contributed by atoms with Crippen LogP contribution in [0, 0.1) is 11.8 Å². The lowest BCUT2D eigenvalue weighted by molar-refractivity contribution is 0.472. The predicted molar refractivity (Wildman–Crippen MR) is 52.7 cm³/mol. The maximum absolute atomic E-state index is 5.59. The second-order valence-electron chi connectivity index (χ2n) is 4.09. The quantitative estimate of drug-likeness (QED) is 0.755. The Morgan fingerprint density at radius 3 is 2.86 bits per heavy atom. The molecular weight excluding hydrogens is 180 g/mol. The number of anilines is 1. The fourth-order valence-corrected chi connectivity index (χ4v) is 1.39. The van der Waals surface area contributed by atoms with Crippen molar-refractivity contribution in [2.24, 2.45) is 17.6 Å². The summed E-state index contributed by atoms with van der Waals surface area (Å²) in [6.45, 7) is 4.98. The van der Waals surface area contributed by atoms with Crippen LogP contribution in [0.15, 0.2) is 4.42 Å². The Kier molecular flexibility index (Phi) is 2.41. The van der Waals surface area contributed by atoms with E-state index in [-0.39, 0.29) is 6.04 Å². The molecule has 1 aromatic heterocycles. The molecule has 0 bridgehead atoms. The summed E-state index contributed by atoms with van der Waals surface area (Å²) >= 11 is 0. The first-order valence-corrected chi connectivity index (χ1v) is 4.99. The van der Waals surface area contributed by atoms with E-state index < -0.39 is 0 Å². The summed E-state index contributed by atoms with van der Waals surface area (Å²) in [4.78, 5) is 0. The molecular formula is C9H16N4O. The minimum absolute atomic E-state index is 0.196. The first-order chi connectivity index (χ1) is 6.66. The Morgan fingerprint density at radius 2 is 2.36 bits per heavy atom. The number of aromatic nitrogens is 2. The van der Waals surface area contributed by atoms with Crippen molar-refractivity contribution < 1.29 is 4.42 Å². The first-order valence-electron chi connectivity index (χ1n) is 4.99. The van der Waals surface area contributed by atoms with E-state index in [1.54, 1.807) is 0 Å². The average Bonchev–Trinajstić information content (AvgIpc) is 2.68. The highest BCUT2D eigenvalue weighted by molar-refractivity contribution is 5.18. The molecule has 1 fully saturated rings. The van der Waals surface area contributed by atoms with Gasteiger partial charge in [0, 0.05) is 6.54 Å². The van der Waals surface area contributed by atoms with Crippen LogP contribution in [0.1, 0.15) is 32.2 Å². The highest BCUT2D eigenvalue weighted by Crippen LogP contribution is 2.37. The molecule has 2 rings (SSSR count). The summed E-state index contributed by atoms with van der Waals surface area (Å²) in [5.74, 6) is 2.08. The number of nitrogens with two attached hydrogens (primary N) is 1. The number of nitrogens with one attached hydrogen (secondary N) is 1. The molecule has 1 aromatic rings. The van der Waals surface area contributed by atoms with E-state index in [1.165, 1.54) is 6.42 Å². The summed E-state index contributed by atoms with van der Waals surface area (Å²) in [5.41, 5.74) is 5.59. The number of rotatable bonds is 4. The molecule has 0 spiro atoms. The molecule has 5 nitrogen and oxygen atoms in total. The van der Waals surface area contributed by atoms with Gasteiger partial charge in [0.2, 0.25) is 5.89 Å². The van der Waals surface area contributed by atoms with Gasteiger partial charge in [-0.1, -0.05) is 12.0 Å². The minimum atomic E-state index is -0.196. The third-order valence-electron chi connectivity index (χ3n) is 2.62. The maximum atomic E-state index is 5.59. The molecule has 5 heteroatoms. The summed E-state index contributed by atoms with van der Waals surface area (Å²) in [6, 6.07) is 0.286. The van der Waals surface area contributed by atoms with E-state index in [2.05, 4.69) is 22.4 Å². The van der Waals surface area contributed by atoms with Crippen molar-refractivity contribution in [1.29, 1.82) is 0 Å². The molecule has 3 atom stereocenters. The van der Waals surface area contributed by atoms with Crippen LogP contribution in [0.2, 0.25) is 0 Å². The Balaban J connectivity index is 1.84. The van der Waals surface area contributed by atoms with Gasteiger partial charge in [-0.05, 0) is 25.2 Å². The zero-order chi connectivity index (χ0) is 10.1. The first kappa shape index (κ1) is 9.45. The standard InChI is InChI=1S/C9H16N4O/c1-5-3-7(5)4-11-9-13-12-8(14-9)6(2)10/h5-7H,3-4,10H2,1-2H3,(H,11,13). The van der Waals surface area contributed by atoms with Crippen LogP contribution in [-0.4, -0.2) is 16.7 Å². The van der Waals surface area contributed by atoms with Crippen molar-refractivity contribution in [3.8, 4) is 0 Å². The topological polar surface area (TPSA) is 77.0 Å². The molecule has 0 aliphatic heterocycles. The van der Waals surface area contributed by atoms with Gasteiger partial charge in [0.1, 0.15) is 0 Å². The van der Waals surface area contributed by atoms with Gasteiger partial charge in [-0.3, -0.25) is 0 Å². The SMILES string of the molecule is CC(N)c1nnc(NCC2CC2C)o1. The Bertz CT molecular complexity index is 310. The van der Waals surface area contributed by atoms with Crippen molar-refractivity contribution in [1.82, 2.24) is 10.2 Å². The van der Waals surface area contributed by atoms with E-state index in [4.69, 9.17) is 10.2 Å². The predicted octanol–water partition coefficient (Wildman–Crippen LogP) is 1.16. The third-order valence-corrected chi connectivity index (χ3v) is 2.62. The Labute approximate surface area is 83.1 Å². The normalized spacial score (nSPS) is 27.4. The molecule has 0 aromatic carbocycles. The van der Waals surface area contributed by atoms with Gasteiger partial charge in [-0.15, -0.1) is 5.10 Å². The number of hydrogen-bond acceptors (Lipinski definition) is 5. The molecule has 1 saturated carbocycles. The zero-order valence-electron chi connectivity index (χ0n) is 8.53. The molecule has 14 heavy (non-hydrogen) atoms. The monoisotopic (exact) mass is 196 g/mol. The molecule has 1 aliphatic rings. The molecule has 1 aliphatic carbocycles. The molecule has 0 radical (unpaired) electrons. The van der Waals surface area contributed by atoms with Crippen LogP contribution in [0.3, 0.4) is 0 Å². The fourth-order valence-electron chi connectivity index (χ4n) is 1.39. The largest absolute Gasteiger partial charge is 0.406 e. The van der Waals surface area contributed by atoms with Gasteiger partial charge in [0.05, 0.1) is 6.04 Å². The Morgan fingerprint density at radius 1 is 1.64 bits per heavy atom. The van der Waals surface area contributed by atoms with E-state index in [0.29, 0.717) is 11.9 Å². The maximum Gasteiger partial charge on any atom is 0.315 e. The second-order valence-corrected chi connectivity index (χ2v) is 4.09.